The van der Waals surface area contributed by atoms with E-state index >= 15 is 0 Å². The molecule has 1 aromatic heterocycles. The molecule has 1 amide bonds. The van der Waals surface area contributed by atoms with E-state index in [2.05, 4.69) is 17.3 Å². The first-order valence-electron chi connectivity index (χ1n) is 6.50. The Morgan fingerprint density at radius 2 is 2.11 bits per heavy atom. The van der Waals surface area contributed by atoms with Crippen molar-refractivity contribution in [3.05, 3.63) is 16.4 Å². The number of hydrogen-bond donors (Lipinski definition) is 1. The van der Waals surface area contributed by atoms with E-state index in [1.807, 2.05) is 6.92 Å². The number of carbonyl (C=O) groups excluding carboxylic acids is 1. The van der Waals surface area contributed by atoms with E-state index in [1.54, 1.807) is 11.7 Å². The van der Waals surface area contributed by atoms with Crippen molar-refractivity contribution in [2.75, 3.05) is 0 Å². The Morgan fingerprint density at radius 1 is 1.44 bits per heavy atom. The monoisotopic (exact) mass is 269 g/mol. The van der Waals surface area contributed by atoms with Crippen LogP contribution < -0.4 is 5.32 Å². The minimum Gasteiger partial charge on any atom is -0.348 e. The van der Waals surface area contributed by atoms with Gasteiger partial charge < -0.3 is 5.32 Å². The molecule has 0 saturated heterocycles. The highest BCUT2D eigenvalue weighted by molar-refractivity contribution is 6.34. The van der Waals surface area contributed by atoms with Gasteiger partial charge in [-0.15, -0.1) is 0 Å². The molecule has 1 aliphatic carbocycles. The minimum absolute atomic E-state index is 0.109. The number of aromatic nitrogens is 2. The molecule has 100 valence electrons. The predicted molar refractivity (Wildman–Crippen MR) is 71.8 cm³/mol. The van der Waals surface area contributed by atoms with Gasteiger partial charge in [0.15, 0.2) is 0 Å². The van der Waals surface area contributed by atoms with E-state index in [1.165, 1.54) is 19.3 Å². The lowest BCUT2D eigenvalue weighted by Gasteiger charge is -2.29. The Morgan fingerprint density at radius 3 is 2.67 bits per heavy atom. The van der Waals surface area contributed by atoms with Gasteiger partial charge in [0.1, 0.15) is 5.69 Å². The summed E-state index contributed by atoms with van der Waals surface area (Å²) in [5.41, 5.74) is 1.16. The quantitative estimate of drug-likeness (QED) is 0.897. The van der Waals surface area contributed by atoms with Crippen molar-refractivity contribution in [3.63, 3.8) is 0 Å². The number of aryl methyl sites for hydroxylation is 2. The predicted octanol–water partition coefficient (Wildman–Crippen LogP) is 2.69. The Labute approximate surface area is 113 Å². The van der Waals surface area contributed by atoms with Gasteiger partial charge >= 0.3 is 0 Å². The van der Waals surface area contributed by atoms with Crippen molar-refractivity contribution in [2.24, 2.45) is 13.0 Å². The molecular formula is C13H20ClN3O. The molecule has 5 heteroatoms. The van der Waals surface area contributed by atoms with Crippen LogP contribution in [0.4, 0.5) is 0 Å². The molecule has 1 aromatic rings. The number of hydrogen-bond acceptors (Lipinski definition) is 2. The zero-order valence-corrected chi connectivity index (χ0v) is 11.9. The van der Waals surface area contributed by atoms with Crippen LogP contribution in [-0.2, 0) is 7.05 Å². The molecule has 1 N–H and O–H groups in total. The maximum atomic E-state index is 12.3. The Hall–Kier alpha value is -1.03. The lowest BCUT2D eigenvalue weighted by molar-refractivity contribution is 0.0901. The molecule has 0 aromatic carbocycles. The molecular weight excluding hydrogens is 250 g/mol. The summed E-state index contributed by atoms with van der Waals surface area (Å²) in [7, 11) is 1.75. The van der Waals surface area contributed by atoms with Gasteiger partial charge in [-0.25, -0.2) is 0 Å². The fourth-order valence-electron chi connectivity index (χ4n) is 2.65. The highest BCUT2D eigenvalue weighted by Gasteiger charge is 2.26. The summed E-state index contributed by atoms with van der Waals surface area (Å²) in [4.78, 5) is 12.3. The van der Waals surface area contributed by atoms with Crippen LogP contribution in [0.3, 0.4) is 0 Å². The lowest BCUT2D eigenvalue weighted by Crippen LogP contribution is -2.41. The second-order valence-electron chi connectivity index (χ2n) is 5.21. The molecule has 1 fully saturated rings. The van der Waals surface area contributed by atoms with E-state index in [0.29, 0.717) is 22.3 Å². The van der Waals surface area contributed by atoms with Gasteiger partial charge in [0, 0.05) is 13.1 Å². The molecule has 1 saturated carbocycles. The third kappa shape index (κ3) is 2.53. The second kappa shape index (κ2) is 5.31. The third-order valence-electron chi connectivity index (χ3n) is 3.79. The maximum absolute atomic E-state index is 12.3. The highest BCUT2D eigenvalue weighted by Crippen LogP contribution is 2.25. The van der Waals surface area contributed by atoms with Crippen molar-refractivity contribution >= 4 is 17.5 Å². The molecule has 0 spiro atoms. The van der Waals surface area contributed by atoms with Crippen LogP contribution in [0.1, 0.15) is 48.8 Å². The lowest BCUT2D eigenvalue weighted by atomic mass is 9.86. The first kappa shape index (κ1) is 13.4. The zero-order chi connectivity index (χ0) is 13.3. The highest BCUT2D eigenvalue weighted by atomic mass is 35.5. The molecule has 1 aliphatic rings. The average molecular weight is 270 g/mol. The van der Waals surface area contributed by atoms with Crippen molar-refractivity contribution < 1.29 is 4.79 Å². The standard InChI is InChI=1S/C13H20ClN3O/c1-8-6-4-5-7-10(8)15-13(18)12-11(14)9(2)16-17(12)3/h8,10H,4-7H2,1-3H3,(H,15,18)/t8-,10+/m0/s1. The molecule has 1 heterocycles. The molecule has 4 nitrogen and oxygen atoms in total. The van der Waals surface area contributed by atoms with Gasteiger partial charge in [-0.2, -0.15) is 5.10 Å². The summed E-state index contributed by atoms with van der Waals surface area (Å²) in [6, 6.07) is 0.262. The number of amides is 1. The van der Waals surface area contributed by atoms with Crippen LogP contribution in [0.25, 0.3) is 0 Å². The van der Waals surface area contributed by atoms with Crippen molar-refractivity contribution in [2.45, 2.75) is 45.6 Å². The summed E-state index contributed by atoms with van der Waals surface area (Å²) in [5.74, 6) is 0.428. The molecule has 2 atom stereocenters. The van der Waals surface area contributed by atoms with E-state index in [0.717, 1.165) is 6.42 Å². The summed E-state index contributed by atoms with van der Waals surface area (Å²) >= 11 is 6.12. The fourth-order valence-corrected chi connectivity index (χ4v) is 2.89. The van der Waals surface area contributed by atoms with E-state index in [4.69, 9.17) is 11.6 Å². The van der Waals surface area contributed by atoms with Crippen molar-refractivity contribution in [3.8, 4) is 0 Å². The molecule has 0 bridgehead atoms. The maximum Gasteiger partial charge on any atom is 0.271 e. The van der Waals surface area contributed by atoms with Crippen LogP contribution >= 0.6 is 11.6 Å². The molecule has 0 unspecified atom stereocenters. The Balaban J connectivity index is 2.12. The molecule has 0 aliphatic heterocycles. The topological polar surface area (TPSA) is 46.9 Å². The number of carbonyl (C=O) groups is 1. The summed E-state index contributed by atoms with van der Waals surface area (Å²) in [5, 5.41) is 7.72. The second-order valence-corrected chi connectivity index (χ2v) is 5.59. The number of halogens is 1. The van der Waals surface area contributed by atoms with Gasteiger partial charge in [-0.05, 0) is 25.7 Å². The van der Waals surface area contributed by atoms with Crippen molar-refractivity contribution in [1.82, 2.24) is 15.1 Å². The fraction of sp³-hybridized carbons (Fsp3) is 0.692. The number of nitrogens with zero attached hydrogens (tertiary/aromatic N) is 2. The van der Waals surface area contributed by atoms with Gasteiger partial charge in [-0.1, -0.05) is 31.4 Å². The van der Waals surface area contributed by atoms with E-state index in [9.17, 15) is 4.79 Å². The Bertz CT molecular complexity index is 455. The smallest absolute Gasteiger partial charge is 0.271 e. The Kier molecular flexibility index (Phi) is 3.95. The van der Waals surface area contributed by atoms with Crippen LogP contribution in [-0.4, -0.2) is 21.7 Å². The molecule has 0 radical (unpaired) electrons. The SMILES string of the molecule is Cc1nn(C)c(C(=O)N[C@@H]2CCCC[C@@H]2C)c1Cl. The number of nitrogens with one attached hydrogen (secondary N) is 1. The average Bonchev–Trinajstić information content (AvgIpc) is 2.56. The van der Waals surface area contributed by atoms with Crippen LogP contribution in [0.5, 0.6) is 0 Å². The third-order valence-corrected chi connectivity index (χ3v) is 4.24. The van der Waals surface area contributed by atoms with Gasteiger partial charge in [0.25, 0.3) is 5.91 Å². The van der Waals surface area contributed by atoms with Gasteiger partial charge in [0.05, 0.1) is 10.7 Å². The van der Waals surface area contributed by atoms with Crippen LogP contribution in [0.2, 0.25) is 5.02 Å². The zero-order valence-electron chi connectivity index (χ0n) is 11.2. The van der Waals surface area contributed by atoms with E-state index in [-0.39, 0.29) is 11.9 Å². The van der Waals surface area contributed by atoms with Gasteiger partial charge in [-0.3, -0.25) is 9.48 Å². The largest absolute Gasteiger partial charge is 0.348 e. The minimum atomic E-state index is -0.109. The van der Waals surface area contributed by atoms with Crippen molar-refractivity contribution in [1.29, 1.82) is 0 Å². The van der Waals surface area contributed by atoms with E-state index < -0.39 is 0 Å². The summed E-state index contributed by atoms with van der Waals surface area (Å²) in [6.07, 6.45) is 4.69. The normalized spacial score (nSPS) is 24.0. The summed E-state index contributed by atoms with van der Waals surface area (Å²) < 4.78 is 1.56. The molecule has 2 rings (SSSR count). The van der Waals surface area contributed by atoms with Crippen LogP contribution in [0.15, 0.2) is 0 Å². The number of rotatable bonds is 2. The van der Waals surface area contributed by atoms with Gasteiger partial charge in [0.2, 0.25) is 0 Å². The first-order valence-corrected chi connectivity index (χ1v) is 6.88. The van der Waals surface area contributed by atoms with Crippen LogP contribution in [0, 0.1) is 12.8 Å². The molecule has 18 heavy (non-hydrogen) atoms. The first-order chi connectivity index (χ1) is 8.50. The summed E-state index contributed by atoms with van der Waals surface area (Å²) in [6.45, 7) is 4.00.